The van der Waals surface area contributed by atoms with Crippen molar-refractivity contribution in [1.82, 2.24) is 0 Å². The lowest BCUT2D eigenvalue weighted by Crippen LogP contribution is -2.43. The summed E-state index contributed by atoms with van der Waals surface area (Å²) in [6.45, 7) is 0. The molecule has 29 heavy (non-hydrogen) atoms. The Kier molecular flexibility index (Phi) is 5.96. The average Bonchev–Trinajstić information content (AvgIpc) is 2.81. The highest BCUT2D eigenvalue weighted by molar-refractivity contribution is 7.24. The van der Waals surface area contributed by atoms with E-state index in [2.05, 4.69) is 140 Å². The summed E-state index contributed by atoms with van der Waals surface area (Å²) >= 11 is 0. The lowest BCUT2D eigenvalue weighted by atomic mass is 9.72. The Bertz CT molecular complexity index is 991. The zero-order valence-electron chi connectivity index (χ0n) is 16.4. The van der Waals surface area contributed by atoms with Gasteiger partial charge in [-0.25, -0.2) is 0 Å². The van der Waals surface area contributed by atoms with Crippen molar-refractivity contribution >= 4 is 18.5 Å². The number of benzene rings is 4. The number of hydrogen-bond donors (Lipinski definition) is 0. The van der Waals surface area contributed by atoms with Gasteiger partial charge in [0.1, 0.15) is 0 Å². The topological polar surface area (TPSA) is 0 Å². The van der Waals surface area contributed by atoms with E-state index in [1.54, 1.807) is 0 Å². The van der Waals surface area contributed by atoms with E-state index < -0.39 is 0 Å². The molecule has 0 aliphatic rings. The van der Waals surface area contributed by atoms with Gasteiger partial charge in [-0.3, -0.25) is 0 Å². The third kappa shape index (κ3) is 3.81. The second-order valence-electron chi connectivity index (χ2n) is 7.54. The molecule has 0 amide bonds. The maximum Gasteiger partial charge on any atom is 0.0477 e. The third-order valence-electron chi connectivity index (χ3n) is 5.78. The molecule has 0 nitrogen and oxygen atoms in total. The summed E-state index contributed by atoms with van der Waals surface area (Å²) in [5.41, 5.74) is 5.19. The first kappa shape index (κ1) is 20.0. The van der Waals surface area contributed by atoms with Crippen molar-refractivity contribution in [2.45, 2.75) is 16.7 Å². The highest BCUT2D eigenvalue weighted by Gasteiger charge is 2.48. The normalized spacial score (nSPS) is 13.6. The van der Waals surface area contributed by atoms with Crippen LogP contribution in [-0.2, 0) is 16.7 Å². The molecule has 0 saturated carbocycles. The second-order valence-corrected chi connectivity index (χ2v) is 9.39. The Morgan fingerprint density at radius 3 is 1.21 bits per heavy atom. The number of hydrogen-bond acceptors (Lipinski definition) is 0. The molecule has 0 saturated heterocycles. The van der Waals surface area contributed by atoms with Crippen molar-refractivity contribution in [1.29, 1.82) is 0 Å². The lowest BCUT2D eigenvalue weighted by Gasteiger charge is -2.48. The van der Waals surface area contributed by atoms with E-state index >= 15 is 0 Å². The molecule has 4 aromatic carbocycles. The molecule has 4 rings (SSSR count). The van der Waals surface area contributed by atoms with E-state index in [4.69, 9.17) is 0 Å². The van der Waals surface area contributed by atoms with Crippen molar-refractivity contribution in [3.05, 3.63) is 144 Å². The Balaban J connectivity index is 1.99. The maximum atomic E-state index is 3.25. The minimum Gasteiger partial charge on any atom is -0.124 e. The summed E-state index contributed by atoms with van der Waals surface area (Å²) < 4.78 is 0. The van der Waals surface area contributed by atoms with Crippen molar-refractivity contribution in [2.75, 3.05) is 0 Å². The zero-order valence-corrected chi connectivity index (χ0v) is 18.7. The maximum absolute atomic E-state index is 3.25. The summed E-state index contributed by atoms with van der Waals surface area (Å²) in [7, 11) is 6.49. The van der Waals surface area contributed by atoms with Gasteiger partial charge in [-0.05, 0) is 28.7 Å². The van der Waals surface area contributed by atoms with Crippen LogP contribution in [0.4, 0.5) is 0 Å². The van der Waals surface area contributed by atoms with Crippen LogP contribution in [0.25, 0.3) is 0 Å². The summed E-state index contributed by atoms with van der Waals surface area (Å²) in [6.07, 6.45) is 0.899. The first-order chi connectivity index (χ1) is 14.1. The lowest BCUT2D eigenvalue weighted by molar-refractivity contribution is 0.499. The molecule has 0 radical (unpaired) electrons. The fourth-order valence-electron chi connectivity index (χ4n) is 4.21. The van der Waals surface area contributed by atoms with Crippen molar-refractivity contribution in [3.8, 4) is 0 Å². The summed E-state index contributed by atoms with van der Waals surface area (Å²) in [6, 6.07) is 43.3. The highest BCUT2D eigenvalue weighted by Crippen LogP contribution is 2.58. The van der Waals surface area contributed by atoms with E-state index in [9.17, 15) is 0 Å². The quantitative estimate of drug-likeness (QED) is 0.305. The van der Waals surface area contributed by atoms with Gasteiger partial charge >= 0.3 is 0 Å². The molecule has 0 aliphatic heterocycles. The molecule has 0 N–H and O–H groups in total. The average molecular weight is 412 g/mol. The minimum absolute atomic E-state index is 0.261. The third-order valence-corrected chi connectivity index (χ3v) is 8.28. The molecular weight excluding hydrogens is 386 g/mol. The van der Waals surface area contributed by atoms with Gasteiger partial charge in [0.25, 0.3) is 0 Å². The van der Waals surface area contributed by atoms with Crippen LogP contribution in [0.2, 0.25) is 0 Å². The molecular formula is C27H26P2. The predicted octanol–water partition coefficient (Wildman–Crippen LogP) is 6.82. The molecule has 0 bridgehead atoms. The molecule has 0 fully saturated rings. The van der Waals surface area contributed by atoms with Crippen LogP contribution in [0.5, 0.6) is 0 Å². The molecule has 4 aromatic rings. The summed E-state index contributed by atoms with van der Waals surface area (Å²) in [4.78, 5) is 0. The highest BCUT2D eigenvalue weighted by atomic mass is 31.0. The second kappa shape index (κ2) is 8.62. The Morgan fingerprint density at radius 2 is 0.793 bits per heavy atom. The Hall–Kier alpha value is -2.26. The summed E-state index contributed by atoms with van der Waals surface area (Å²) in [5, 5.41) is -0.583. The monoisotopic (exact) mass is 412 g/mol. The molecule has 0 heterocycles. The summed E-state index contributed by atoms with van der Waals surface area (Å²) in [5.74, 6) is 0. The van der Waals surface area contributed by atoms with Crippen LogP contribution in [0.1, 0.15) is 22.3 Å². The molecule has 144 valence electrons. The standard InChI is InChI=1S/C27H26P2/c28-26(23-15-7-2-8-16-23,21-22-13-5-1-6-14-22)27(29,24-17-9-3-10-18-24)25-19-11-4-12-20-25/h1-20H,21,28-29H2. The molecule has 0 aromatic heterocycles. The fraction of sp³-hybridized carbons (Fsp3) is 0.111. The van der Waals surface area contributed by atoms with E-state index in [1.165, 1.54) is 22.3 Å². The first-order valence-electron chi connectivity index (χ1n) is 9.93. The van der Waals surface area contributed by atoms with Gasteiger partial charge in [0.05, 0.1) is 0 Å². The van der Waals surface area contributed by atoms with Gasteiger partial charge in [-0.1, -0.05) is 121 Å². The van der Waals surface area contributed by atoms with Crippen LogP contribution in [-0.4, -0.2) is 0 Å². The van der Waals surface area contributed by atoms with Gasteiger partial charge in [-0.15, -0.1) is 18.5 Å². The van der Waals surface area contributed by atoms with E-state index in [0.717, 1.165) is 6.42 Å². The Labute approximate surface area is 178 Å². The predicted molar refractivity (Wildman–Crippen MR) is 131 cm³/mol. The van der Waals surface area contributed by atoms with Gasteiger partial charge in [0.2, 0.25) is 0 Å². The molecule has 0 aliphatic carbocycles. The molecule has 2 heteroatoms. The van der Waals surface area contributed by atoms with Crippen LogP contribution >= 0.6 is 18.5 Å². The smallest absolute Gasteiger partial charge is 0.0477 e. The van der Waals surface area contributed by atoms with Crippen LogP contribution in [0, 0.1) is 0 Å². The molecule has 3 unspecified atom stereocenters. The van der Waals surface area contributed by atoms with Crippen LogP contribution in [0.3, 0.4) is 0 Å². The SMILES string of the molecule is PC(Cc1ccccc1)(c1ccccc1)C(P)(c1ccccc1)c1ccccc1. The largest absolute Gasteiger partial charge is 0.124 e. The van der Waals surface area contributed by atoms with Crippen LogP contribution < -0.4 is 0 Å². The van der Waals surface area contributed by atoms with Gasteiger partial charge in [-0.2, -0.15) is 0 Å². The van der Waals surface area contributed by atoms with Crippen molar-refractivity contribution < 1.29 is 0 Å². The zero-order chi connectivity index (χ0) is 20.2. The fourth-order valence-corrected chi connectivity index (χ4v) is 5.62. The van der Waals surface area contributed by atoms with Crippen LogP contribution in [0.15, 0.2) is 121 Å². The Morgan fingerprint density at radius 1 is 0.448 bits per heavy atom. The van der Waals surface area contributed by atoms with E-state index in [-0.39, 0.29) is 10.3 Å². The molecule has 0 spiro atoms. The first-order valence-corrected chi connectivity index (χ1v) is 11.1. The minimum atomic E-state index is -0.322. The van der Waals surface area contributed by atoms with Gasteiger partial charge in [0, 0.05) is 10.3 Å². The van der Waals surface area contributed by atoms with Gasteiger partial charge < -0.3 is 0 Å². The van der Waals surface area contributed by atoms with E-state index in [1.807, 2.05) is 0 Å². The van der Waals surface area contributed by atoms with E-state index in [0.29, 0.717) is 0 Å². The number of rotatable bonds is 6. The van der Waals surface area contributed by atoms with Crippen molar-refractivity contribution in [2.24, 2.45) is 0 Å². The molecule has 3 atom stereocenters. The van der Waals surface area contributed by atoms with Crippen molar-refractivity contribution in [3.63, 3.8) is 0 Å². The van der Waals surface area contributed by atoms with Gasteiger partial charge in [0.15, 0.2) is 0 Å².